The topological polar surface area (TPSA) is 0 Å². The van der Waals surface area contributed by atoms with Gasteiger partial charge in [0, 0.05) is 0 Å². The van der Waals surface area contributed by atoms with E-state index in [9.17, 15) is 30.7 Å². The van der Waals surface area contributed by atoms with Crippen molar-refractivity contribution in [1.82, 2.24) is 0 Å². The maximum absolute atomic E-state index is 13.2. The molecule has 0 nitrogen and oxygen atoms in total. The zero-order valence-electron chi connectivity index (χ0n) is 19.0. The van der Waals surface area contributed by atoms with Gasteiger partial charge in [-0.3, -0.25) is 0 Å². The molecule has 0 fully saturated rings. The number of alkyl halides is 6. The number of rotatable bonds is 3. The van der Waals surface area contributed by atoms with Crippen LogP contribution in [0.3, 0.4) is 0 Å². The summed E-state index contributed by atoms with van der Waals surface area (Å²) in [6.45, 7) is 0. The molecule has 5 rings (SSSR count). The van der Waals surface area contributed by atoms with Crippen molar-refractivity contribution < 1.29 is 30.7 Å². The van der Waals surface area contributed by atoms with Gasteiger partial charge in [-0.2, -0.15) is 26.3 Å². The first-order valence-electron chi connectivity index (χ1n) is 11.2. The Labute approximate surface area is 207 Å². The van der Waals surface area contributed by atoms with E-state index in [4.69, 9.17) is 0 Å². The number of fused-ring (bicyclic) bond motifs is 1. The summed E-state index contributed by atoms with van der Waals surface area (Å²) in [5, 5.41) is 1.91. The minimum atomic E-state index is -4.91. The van der Waals surface area contributed by atoms with Gasteiger partial charge in [-0.15, -0.1) is 0 Å². The van der Waals surface area contributed by atoms with Gasteiger partial charge in [0.05, 0.1) is 11.1 Å². The molecule has 0 aliphatic rings. The Bertz CT molecular complexity index is 1540. The Kier molecular flexibility index (Phi) is 6.02. The molecule has 0 aromatic heterocycles. The van der Waals surface area contributed by atoms with E-state index < -0.39 is 23.5 Å². The van der Waals surface area contributed by atoms with Crippen LogP contribution in [-0.4, -0.2) is 0 Å². The maximum atomic E-state index is 13.2. The summed E-state index contributed by atoms with van der Waals surface area (Å²) in [6, 6.07) is 25.7. The number of hydrogen-bond acceptors (Lipinski definition) is 0. The first-order valence-corrected chi connectivity index (χ1v) is 11.2. The molecule has 0 radical (unpaired) electrons. The van der Waals surface area contributed by atoms with Crippen molar-refractivity contribution >= 4 is 10.8 Å². The molecule has 0 N–H and O–H groups in total. The molecule has 186 valence electrons. The first kappa shape index (κ1) is 24.6. The van der Waals surface area contributed by atoms with Crippen LogP contribution in [0.5, 0.6) is 0 Å². The van der Waals surface area contributed by atoms with Crippen LogP contribution in [0, 0.1) is 5.82 Å². The number of halogens is 7. The van der Waals surface area contributed by atoms with Crippen molar-refractivity contribution in [2.24, 2.45) is 0 Å². The SMILES string of the molecule is Fc1ccc(-c2ccc3cc(-c4ccc(-c5cc(C(F)(F)F)cc(C(F)(F)F)c5)cc4)ccc3c2)cc1. The van der Waals surface area contributed by atoms with E-state index >= 15 is 0 Å². The van der Waals surface area contributed by atoms with Gasteiger partial charge in [0.15, 0.2) is 0 Å². The lowest BCUT2D eigenvalue weighted by atomic mass is 9.95. The van der Waals surface area contributed by atoms with Crippen LogP contribution >= 0.6 is 0 Å². The van der Waals surface area contributed by atoms with Gasteiger partial charge in [-0.25, -0.2) is 4.39 Å². The van der Waals surface area contributed by atoms with Crippen LogP contribution < -0.4 is 0 Å². The highest BCUT2D eigenvalue weighted by Crippen LogP contribution is 2.39. The van der Waals surface area contributed by atoms with Gasteiger partial charge in [0.25, 0.3) is 0 Å². The van der Waals surface area contributed by atoms with Crippen molar-refractivity contribution in [2.75, 3.05) is 0 Å². The lowest BCUT2D eigenvalue weighted by Crippen LogP contribution is -2.11. The van der Waals surface area contributed by atoms with Gasteiger partial charge < -0.3 is 0 Å². The van der Waals surface area contributed by atoms with Crippen molar-refractivity contribution in [3.05, 3.63) is 120 Å². The van der Waals surface area contributed by atoms with E-state index in [2.05, 4.69) is 0 Å². The maximum Gasteiger partial charge on any atom is 0.416 e. The molecule has 0 aliphatic carbocycles. The fraction of sp³-hybridized carbons (Fsp3) is 0.0667. The second-order valence-electron chi connectivity index (χ2n) is 8.66. The molecular weight excluding hydrogens is 493 g/mol. The van der Waals surface area contributed by atoms with Crippen LogP contribution in [0.15, 0.2) is 103 Å². The fourth-order valence-electron chi connectivity index (χ4n) is 4.22. The van der Waals surface area contributed by atoms with Gasteiger partial charge in [-0.05, 0) is 86.6 Å². The van der Waals surface area contributed by atoms with Crippen LogP contribution in [0.2, 0.25) is 0 Å². The van der Waals surface area contributed by atoms with E-state index in [-0.39, 0.29) is 23.0 Å². The monoisotopic (exact) mass is 510 g/mol. The summed E-state index contributed by atoms with van der Waals surface area (Å²) >= 11 is 0. The predicted molar refractivity (Wildman–Crippen MR) is 130 cm³/mol. The highest BCUT2D eigenvalue weighted by molar-refractivity contribution is 5.91. The van der Waals surface area contributed by atoms with E-state index in [0.717, 1.165) is 45.2 Å². The summed E-state index contributed by atoms with van der Waals surface area (Å²) in [6.07, 6.45) is -9.81. The molecule has 0 saturated carbocycles. The summed E-state index contributed by atoms with van der Waals surface area (Å²) < 4.78 is 92.5. The second kappa shape index (κ2) is 9.07. The second-order valence-corrected chi connectivity index (χ2v) is 8.66. The molecule has 5 aromatic rings. The molecule has 7 heteroatoms. The van der Waals surface area contributed by atoms with Crippen LogP contribution in [0.4, 0.5) is 30.7 Å². The molecule has 37 heavy (non-hydrogen) atoms. The zero-order chi connectivity index (χ0) is 26.4. The molecule has 0 amide bonds. The van der Waals surface area contributed by atoms with Crippen molar-refractivity contribution in [3.8, 4) is 33.4 Å². The van der Waals surface area contributed by atoms with Gasteiger partial charge in [-0.1, -0.05) is 60.7 Å². The predicted octanol–water partition coefficient (Wildman–Crippen LogP) is 10.0. The van der Waals surface area contributed by atoms with Gasteiger partial charge >= 0.3 is 12.4 Å². The molecule has 0 bridgehead atoms. The van der Waals surface area contributed by atoms with Gasteiger partial charge in [0.2, 0.25) is 0 Å². The normalized spacial score (nSPS) is 12.2. The lowest BCUT2D eigenvalue weighted by Gasteiger charge is -2.14. The smallest absolute Gasteiger partial charge is 0.207 e. The third-order valence-corrected chi connectivity index (χ3v) is 6.16. The lowest BCUT2D eigenvalue weighted by molar-refractivity contribution is -0.143. The largest absolute Gasteiger partial charge is 0.416 e. The van der Waals surface area contributed by atoms with E-state index in [1.807, 2.05) is 36.4 Å². The van der Waals surface area contributed by atoms with Crippen LogP contribution in [-0.2, 0) is 12.4 Å². The summed E-state index contributed by atoms with van der Waals surface area (Å²) in [7, 11) is 0. The quantitative estimate of drug-likeness (QED) is 0.212. The standard InChI is InChI=1S/C30H17F7/c31-28-11-9-19(10-12-28)22-6-8-23-13-21(5-7-24(23)14-22)18-1-3-20(4-2-18)25-15-26(29(32,33)34)17-27(16-25)30(35,36)37/h1-17H. The third-order valence-electron chi connectivity index (χ3n) is 6.16. The Balaban J connectivity index is 1.47. The highest BCUT2D eigenvalue weighted by atomic mass is 19.4. The Morgan fingerprint density at radius 3 is 1.11 bits per heavy atom. The summed E-state index contributed by atoms with van der Waals surface area (Å²) in [5.74, 6) is -0.311. The average Bonchev–Trinajstić information content (AvgIpc) is 2.87. The number of hydrogen-bond donors (Lipinski definition) is 0. The average molecular weight is 510 g/mol. The molecular formula is C30H17F7. The highest BCUT2D eigenvalue weighted by Gasteiger charge is 2.37. The zero-order valence-corrected chi connectivity index (χ0v) is 19.0. The minimum absolute atomic E-state index is 0.119. The van der Waals surface area contributed by atoms with Gasteiger partial charge in [0.1, 0.15) is 5.82 Å². The Morgan fingerprint density at radius 2 is 0.703 bits per heavy atom. The molecule has 0 unspecified atom stereocenters. The molecule has 0 heterocycles. The first-order chi connectivity index (χ1) is 17.5. The molecule has 5 aromatic carbocycles. The molecule has 0 atom stereocenters. The molecule has 0 saturated heterocycles. The minimum Gasteiger partial charge on any atom is -0.207 e. The summed E-state index contributed by atoms with van der Waals surface area (Å²) in [5.41, 5.74) is 0.789. The Morgan fingerprint density at radius 1 is 0.351 bits per heavy atom. The van der Waals surface area contributed by atoms with Crippen LogP contribution in [0.25, 0.3) is 44.2 Å². The van der Waals surface area contributed by atoms with Crippen LogP contribution in [0.1, 0.15) is 11.1 Å². The van der Waals surface area contributed by atoms with Crippen molar-refractivity contribution in [1.29, 1.82) is 0 Å². The Hall–Kier alpha value is -4.13. The van der Waals surface area contributed by atoms with Crippen molar-refractivity contribution in [3.63, 3.8) is 0 Å². The third kappa shape index (κ3) is 5.21. The van der Waals surface area contributed by atoms with E-state index in [1.165, 1.54) is 24.3 Å². The van der Waals surface area contributed by atoms with Crippen molar-refractivity contribution in [2.45, 2.75) is 12.4 Å². The van der Waals surface area contributed by atoms with E-state index in [1.54, 1.807) is 24.3 Å². The van der Waals surface area contributed by atoms with E-state index in [0.29, 0.717) is 0 Å². The number of benzene rings is 5. The molecule has 0 aliphatic heterocycles. The molecule has 0 spiro atoms. The summed E-state index contributed by atoms with van der Waals surface area (Å²) in [4.78, 5) is 0. The fourth-order valence-corrected chi connectivity index (χ4v) is 4.22.